The van der Waals surface area contributed by atoms with Gasteiger partial charge in [-0.3, -0.25) is 0 Å². The predicted octanol–water partition coefficient (Wildman–Crippen LogP) is 1.34. The van der Waals surface area contributed by atoms with Gasteiger partial charge < -0.3 is 17.1 Å². The minimum absolute atomic E-state index is 0. The van der Waals surface area contributed by atoms with Gasteiger partial charge in [0.25, 0.3) is 0 Å². The monoisotopic (exact) mass is 307 g/mol. The van der Waals surface area contributed by atoms with Crippen LogP contribution in [0.5, 0.6) is 5.75 Å². The van der Waals surface area contributed by atoms with Crippen LogP contribution in [-0.2, 0) is 21.1 Å². The number of hydrogen-bond acceptors (Lipinski definition) is 2. The molecule has 1 rings (SSSR count). The molecule has 1 aromatic heterocycles. The van der Waals surface area contributed by atoms with E-state index in [0.29, 0.717) is 0 Å². The molecule has 2 nitrogen and oxygen atoms in total. The van der Waals surface area contributed by atoms with Crippen LogP contribution in [0, 0.1) is 13.5 Å². The van der Waals surface area contributed by atoms with Crippen molar-refractivity contribution < 1.29 is 25.8 Å². The van der Waals surface area contributed by atoms with Crippen molar-refractivity contribution in [2.24, 2.45) is 0 Å². The van der Waals surface area contributed by atoms with E-state index in [1.165, 1.54) is 0 Å². The summed E-state index contributed by atoms with van der Waals surface area (Å²) in [4.78, 5) is 3.77. The van der Waals surface area contributed by atoms with Crippen LogP contribution in [0.15, 0.2) is 18.5 Å². The largest absolute Gasteiger partial charge is 2.00 e. The third kappa shape index (κ3) is 3.62. The molecular weight excluding hydrogens is 298 g/mol. The SMILES string of the molecule is COc1c[c-]cnc1.[CH3-].[W+2]. The number of nitrogens with zero attached hydrogens (tertiary/aromatic N) is 1. The minimum Gasteiger partial charge on any atom is -0.580 e. The van der Waals surface area contributed by atoms with Crippen molar-refractivity contribution in [2.45, 2.75) is 0 Å². The topological polar surface area (TPSA) is 22.1 Å². The van der Waals surface area contributed by atoms with E-state index in [4.69, 9.17) is 4.74 Å². The molecule has 0 bridgehead atoms. The first-order valence-corrected chi connectivity index (χ1v) is 2.28. The second-order valence-electron chi connectivity index (χ2n) is 1.32. The van der Waals surface area contributed by atoms with E-state index >= 15 is 0 Å². The fourth-order valence-electron chi connectivity index (χ4n) is 0.422. The maximum atomic E-state index is 4.82. The molecule has 0 unspecified atom stereocenters. The fraction of sp³-hybridized carbons (Fsp3) is 0.143. The van der Waals surface area contributed by atoms with Gasteiger partial charge in [0.1, 0.15) is 0 Å². The van der Waals surface area contributed by atoms with Crippen LogP contribution in [0.1, 0.15) is 0 Å². The van der Waals surface area contributed by atoms with Crippen molar-refractivity contribution in [3.8, 4) is 5.75 Å². The molecule has 0 radical (unpaired) electrons. The Kier molecular flexibility index (Phi) is 8.33. The van der Waals surface area contributed by atoms with Gasteiger partial charge in [-0.2, -0.15) is 6.07 Å². The number of methoxy groups -OCH3 is 1. The standard InChI is InChI=1S/C6H6NO.CH3.W/c1-8-6-3-2-4-7-5-6;;/h3-5H,1H3;1H3;/q2*-1;+2. The second kappa shape index (κ2) is 6.75. The molecule has 0 amide bonds. The van der Waals surface area contributed by atoms with Crippen LogP contribution >= 0.6 is 0 Å². The molecule has 0 aliphatic carbocycles. The van der Waals surface area contributed by atoms with Crippen molar-refractivity contribution in [2.75, 3.05) is 7.11 Å². The maximum absolute atomic E-state index is 4.82. The summed E-state index contributed by atoms with van der Waals surface area (Å²) >= 11 is 0. The molecule has 0 N–H and O–H groups in total. The third-order valence-corrected chi connectivity index (χ3v) is 0.812. The van der Waals surface area contributed by atoms with Crippen molar-refractivity contribution >= 4 is 0 Å². The summed E-state index contributed by atoms with van der Waals surface area (Å²) < 4.78 is 4.82. The second-order valence-corrected chi connectivity index (χ2v) is 1.32. The molecule has 0 aromatic carbocycles. The van der Waals surface area contributed by atoms with E-state index < -0.39 is 0 Å². The number of ether oxygens (including phenoxy) is 1. The zero-order valence-corrected chi connectivity index (χ0v) is 8.93. The fourth-order valence-corrected chi connectivity index (χ4v) is 0.422. The number of rotatable bonds is 1. The predicted molar refractivity (Wildman–Crippen MR) is 36.0 cm³/mol. The van der Waals surface area contributed by atoms with Crippen LogP contribution in [0.2, 0.25) is 0 Å². The molecule has 54 valence electrons. The van der Waals surface area contributed by atoms with Gasteiger partial charge in [-0.1, -0.05) is 6.20 Å². The molecule has 0 spiro atoms. The zero-order valence-electron chi connectivity index (χ0n) is 6.00. The van der Waals surface area contributed by atoms with Crippen molar-refractivity contribution in [3.05, 3.63) is 32.0 Å². The Hall–Kier alpha value is -0.362. The Morgan fingerprint density at radius 2 is 2.30 bits per heavy atom. The van der Waals surface area contributed by atoms with Gasteiger partial charge in [0.05, 0.1) is 7.11 Å². The van der Waals surface area contributed by atoms with Gasteiger partial charge in [0.2, 0.25) is 0 Å². The molecule has 1 heterocycles. The normalized spacial score (nSPS) is 6.90. The molecule has 0 atom stereocenters. The summed E-state index contributed by atoms with van der Waals surface area (Å²) in [6.07, 6.45) is 3.22. The van der Waals surface area contributed by atoms with Crippen LogP contribution in [0.25, 0.3) is 0 Å². The first-order chi connectivity index (χ1) is 3.93. The van der Waals surface area contributed by atoms with Crippen molar-refractivity contribution in [1.82, 2.24) is 4.98 Å². The first kappa shape index (κ1) is 12.3. The molecule has 0 saturated heterocycles. The van der Waals surface area contributed by atoms with E-state index in [1.807, 2.05) is 0 Å². The summed E-state index contributed by atoms with van der Waals surface area (Å²) in [6.45, 7) is 0. The molecule has 0 aliphatic heterocycles. The van der Waals surface area contributed by atoms with Gasteiger partial charge in [-0.05, 0) is 11.9 Å². The van der Waals surface area contributed by atoms with E-state index in [1.54, 1.807) is 25.6 Å². The Morgan fingerprint density at radius 1 is 1.60 bits per heavy atom. The summed E-state index contributed by atoms with van der Waals surface area (Å²) in [5.74, 6) is 0.743. The van der Waals surface area contributed by atoms with Gasteiger partial charge in [-0.25, -0.2) is 6.07 Å². The molecule has 3 heteroatoms. The number of pyridine rings is 1. The third-order valence-electron chi connectivity index (χ3n) is 0.812. The smallest absolute Gasteiger partial charge is 0.580 e. The van der Waals surface area contributed by atoms with Gasteiger partial charge in [0.15, 0.2) is 0 Å². The Labute approximate surface area is 75.9 Å². The van der Waals surface area contributed by atoms with Crippen molar-refractivity contribution in [1.29, 1.82) is 0 Å². The molecule has 0 aliphatic rings. The van der Waals surface area contributed by atoms with E-state index in [9.17, 15) is 0 Å². The Morgan fingerprint density at radius 3 is 2.60 bits per heavy atom. The molecule has 0 saturated carbocycles. The summed E-state index contributed by atoms with van der Waals surface area (Å²) in [7, 11) is 1.60. The van der Waals surface area contributed by atoms with Gasteiger partial charge in [-0.15, -0.1) is 0 Å². The average molecular weight is 307 g/mol. The van der Waals surface area contributed by atoms with E-state index in [-0.39, 0.29) is 28.5 Å². The zero-order chi connectivity index (χ0) is 5.82. The Bertz CT molecular complexity index is 155. The molecule has 1 aromatic rings. The van der Waals surface area contributed by atoms with E-state index in [2.05, 4.69) is 11.1 Å². The van der Waals surface area contributed by atoms with Crippen LogP contribution in [-0.4, -0.2) is 12.1 Å². The molecule has 0 fully saturated rings. The van der Waals surface area contributed by atoms with Crippen LogP contribution in [0.3, 0.4) is 0 Å². The number of aromatic nitrogens is 1. The van der Waals surface area contributed by atoms with Gasteiger partial charge in [0, 0.05) is 0 Å². The summed E-state index contributed by atoms with van der Waals surface area (Å²) in [5.41, 5.74) is 0. The van der Waals surface area contributed by atoms with Gasteiger partial charge >= 0.3 is 21.1 Å². The number of hydrogen-bond donors (Lipinski definition) is 0. The van der Waals surface area contributed by atoms with E-state index in [0.717, 1.165) is 5.75 Å². The first-order valence-electron chi connectivity index (χ1n) is 2.28. The quantitative estimate of drug-likeness (QED) is 0.731. The molecule has 10 heavy (non-hydrogen) atoms. The van der Waals surface area contributed by atoms with Crippen molar-refractivity contribution in [3.63, 3.8) is 0 Å². The minimum atomic E-state index is 0. The Balaban J connectivity index is 0. The summed E-state index contributed by atoms with van der Waals surface area (Å²) in [6, 6.07) is 4.50. The van der Waals surface area contributed by atoms with Crippen LogP contribution in [0.4, 0.5) is 0 Å². The average Bonchev–Trinajstić information content (AvgIpc) is 1.90. The summed E-state index contributed by atoms with van der Waals surface area (Å²) in [5, 5.41) is 0. The molecular formula is C7H9NOW. The van der Waals surface area contributed by atoms with Crippen LogP contribution < -0.4 is 4.74 Å². The maximum Gasteiger partial charge on any atom is 2.00 e.